The molecule has 2 heterocycles. The van der Waals surface area contributed by atoms with Crippen molar-refractivity contribution in [3.8, 4) is 0 Å². The van der Waals surface area contributed by atoms with Crippen molar-refractivity contribution in [1.82, 2.24) is 20.4 Å². The van der Waals surface area contributed by atoms with E-state index in [0.717, 1.165) is 30.8 Å². The van der Waals surface area contributed by atoms with E-state index in [4.69, 9.17) is 0 Å². The van der Waals surface area contributed by atoms with Crippen LogP contribution in [0.3, 0.4) is 0 Å². The summed E-state index contributed by atoms with van der Waals surface area (Å²) in [5, 5.41) is 13.2. The van der Waals surface area contributed by atoms with E-state index in [1.807, 2.05) is 0 Å². The molecule has 1 aliphatic rings. The largest absolute Gasteiger partial charge is 0.350 e. The van der Waals surface area contributed by atoms with Crippen molar-refractivity contribution < 1.29 is 14.0 Å². The molecule has 0 radical (unpaired) electrons. The number of benzene rings is 1. The lowest BCUT2D eigenvalue weighted by molar-refractivity contribution is 0.0946. The summed E-state index contributed by atoms with van der Waals surface area (Å²) in [6.45, 7) is 4.89. The summed E-state index contributed by atoms with van der Waals surface area (Å²) < 4.78 is 12.9. The standard InChI is InChI=1S/C19H24FN5O2S/c1-13-5-2-3-11-25(13)12-4-10-21-16(26)18-23-24-19(28-18)17(27)22-15-8-6-14(20)7-9-15/h6-9,13H,2-5,10-12H2,1H3,(H,21,26)(H,22,27)/t13-/m1/s1. The zero-order valence-electron chi connectivity index (χ0n) is 15.8. The highest BCUT2D eigenvalue weighted by Gasteiger charge is 2.19. The average molecular weight is 405 g/mol. The minimum absolute atomic E-state index is 0.0802. The number of carbonyl (C=O) groups excluding carboxylic acids is 2. The fraction of sp³-hybridized carbons (Fsp3) is 0.474. The molecule has 2 amide bonds. The molecule has 0 bridgehead atoms. The van der Waals surface area contributed by atoms with E-state index in [1.165, 1.54) is 43.5 Å². The second kappa shape index (κ2) is 9.70. The maximum atomic E-state index is 12.9. The van der Waals surface area contributed by atoms with Crippen LogP contribution >= 0.6 is 11.3 Å². The van der Waals surface area contributed by atoms with Gasteiger partial charge in [0, 0.05) is 24.8 Å². The number of nitrogens with one attached hydrogen (secondary N) is 2. The Morgan fingerprint density at radius 3 is 2.61 bits per heavy atom. The zero-order valence-corrected chi connectivity index (χ0v) is 16.6. The number of nitrogens with zero attached hydrogens (tertiary/aromatic N) is 3. The predicted octanol–water partition coefficient (Wildman–Crippen LogP) is 2.92. The number of amides is 2. The minimum atomic E-state index is -0.484. The van der Waals surface area contributed by atoms with E-state index in [0.29, 0.717) is 18.3 Å². The van der Waals surface area contributed by atoms with Crippen LogP contribution in [-0.4, -0.2) is 52.6 Å². The summed E-state index contributed by atoms with van der Waals surface area (Å²) in [4.78, 5) is 26.8. The SMILES string of the molecule is C[C@@H]1CCCCN1CCCNC(=O)c1nnc(C(=O)Nc2ccc(F)cc2)s1. The van der Waals surface area contributed by atoms with E-state index in [9.17, 15) is 14.0 Å². The van der Waals surface area contributed by atoms with Crippen LogP contribution in [0.1, 0.15) is 52.2 Å². The van der Waals surface area contributed by atoms with Crippen molar-refractivity contribution >= 4 is 28.8 Å². The van der Waals surface area contributed by atoms with Gasteiger partial charge in [0.1, 0.15) is 5.82 Å². The molecule has 1 aromatic carbocycles. The Morgan fingerprint density at radius 2 is 1.89 bits per heavy atom. The van der Waals surface area contributed by atoms with E-state index < -0.39 is 5.91 Å². The number of aromatic nitrogens is 2. The Bertz CT molecular complexity index is 811. The van der Waals surface area contributed by atoms with Gasteiger partial charge in [-0.3, -0.25) is 9.59 Å². The molecule has 2 aromatic rings. The van der Waals surface area contributed by atoms with Gasteiger partial charge in [0.05, 0.1) is 0 Å². The molecule has 3 rings (SSSR count). The number of likely N-dealkylation sites (tertiary alicyclic amines) is 1. The molecular weight excluding hydrogens is 381 g/mol. The minimum Gasteiger partial charge on any atom is -0.350 e. The molecule has 1 fully saturated rings. The van der Waals surface area contributed by atoms with Crippen LogP contribution in [0, 0.1) is 5.82 Å². The maximum Gasteiger partial charge on any atom is 0.286 e. The van der Waals surface area contributed by atoms with Gasteiger partial charge in [-0.05, 0) is 57.0 Å². The number of rotatable bonds is 7. The number of carbonyl (C=O) groups is 2. The summed E-state index contributed by atoms with van der Waals surface area (Å²) in [7, 11) is 0. The fourth-order valence-electron chi connectivity index (χ4n) is 3.17. The second-order valence-electron chi connectivity index (χ2n) is 6.86. The lowest BCUT2D eigenvalue weighted by Gasteiger charge is -2.33. The summed E-state index contributed by atoms with van der Waals surface area (Å²) in [6.07, 6.45) is 4.64. The lowest BCUT2D eigenvalue weighted by atomic mass is 10.0. The highest BCUT2D eigenvalue weighted by Crippen LogP contribution is 2.16. The normalized spacial score (nSPS) is 17.3. The molecule has 1 saturated heterocycles. The summed E-state index contributed by atoms with van der Waals surface area (Å²) in [6, 6.07) is 6.00. The van der Waals surface area contributed by atoms with E-state index in [-0.39, 0.29) is 21.7 Å². The van der Waals surface area contributed by atoms with Crippen LogP contribution in [0.15, 0.2) is 24.3 Å². The number of piperidine rings is 1. The predicted molar refractivity (Wildman–Crippen MR) is 106 cm³/mol. The number of halogens is 1. The first-order chi connectivity index (χ1) is 13.5. The van der Waals surface area contributed by atoms with Gasteiger partial charge in [-0.1, -0.05) is 17.8 Å². The average Bonchev–Trinajstić information content (AvgIpc) is 3.19. The molecule has 150 valence electrons. The lowest BCUT2D eigenvalue weighted by Crippen LogP contribution is -2.39. The van der Waals surface area contributed by atoms with Gasteiger partial charge in [-0.2, -0.15) is 0 Å². The molecule has 0 saturated carbocycles. The monoisotopic (exact) mass is 405 g/mol. The van der Waals surface area contributed by atoms with Crippen LogP contribution in [0.2, 0.25) is 0 Å². The van der Waals surface area contributed by atoms with Crippen molar-refractivity contribution in [3.63, 3.8) is 0 Å². The van der Waals surface area contributed by atoms with Crippen LogP contribution in [0.5, 0.6) is 0 Å². The van der Waals surface area contributed by atoms with Crippen molar-refractivity contribution in [2.24, 2.45) is 0 Å². The second-order valence-corrected chi connectivity index (χ2v) is 7.84. The highest BCUT2D eigenvalue weighted by molar-refractivity contribution is 7.15. The molecule has 0 aliphatic carbocycles. The summed E-state index contributed by atoms with van der Waals surface area (Å²) in [5.41, 5.74) is 0.444. The molecule has 1 atom stereocenters. The third kappa shape index (κ3) is 5.56. The van der Waals surface area contributed by atoms with Gasteiger partial charge >= 0.3 is 0 Å². The number of hydrogen-bond donors (Lipinski definition) is 2. The van der Waals surface area contributed by atoms with Crippen molar-refractivity contribution in [2.75, 3.05) is 25.0 Å². The van der Waals surface area contributed by atoms with Gasteiger partial charge in [0.15, 0.2) is 0 Å². The van der Waals surface area contributed by atoms with E-state index in [2.05, 4.69) is 32.7 Å². The Labute approximate surface area is 167 Å². The molecule has 0 unspecified atom stereocenters. The van der Waals surface area contributed by atoms with Crippen LogP contribution in [-0.2, 0) is 0 Å². The Balaban J connectivity index is 1.44. The number of hydrogen-bond acceptors (Lipinski definition) is 6. The van der Waals surface area contributed by atoms with Crippen LogP contribution in [0.4, 0.5) is 10.1 Å². The molecule has 0 spiro atoms. The quantitative estimate of drug-likeness (QED) is 0.692. The molecule has 2 N–H and O–H groups in total. The van der Waals surface area contributed by atoms with Gasteiger partial charge < -0.3 is 15.5 Å². The van der Waals surface area contributed by atoms with Gasteiger partial charge in [-0.25, -0.2) is 4.39 Å². The Hall–Kier alpha value is -2.39. The molecular formula is C19H24FN5O2S. The Kier molecular flexibility index (Phi) is 7.05. The summed E-state index contributed by atoms with van der Waals surface area (Å²) in [5.74, 6) is -1.20. The maximum absolute atomic E-state index is 12.9. The first-order valence-corrected chi connectivity index (χ1v) is 10.3. The third-order valence-electron chi connectivity index (χ3n) is 4.76. The molecule has 1 aliphatic heterocycles. The third-order valence-corrected chi connectivity index (χ3v) is 5.68. The van der Waals surface area contributed by atoms with Crippen molar-refractivity contribution in [2.45, 2.75) is 38.6 Å². The summed E-state index contributed by atoms with van der Waals surface area (Å²) >= 11 is 0.927. The topological polar surface area (TPSA) is 87.2 Å². The van der Waals surface area contributed by atoms with E-state index in [1.54, 1.807) is 0 Å². The smallest absolute Gasteiger partial charge is 0.286 e. The highest BCUT2D eigenvalue weighted by atomic mass is 32.1. The van der Waals surface area contributed by atoms with Gasteiger partial charge in [0.2, 0.25) is 10.0 Å². The van der Waals surface area contributed by atoms with Gasteiger partial charge in [-0.15, -0.1) is 10.2 Å². The molecule has 28 heavy (non-hydrogen) atoms. The van der Waals surface area contributed by atoms with Crippen LogP contribution < -0.4 is 10.6 Å². The van der Waals surface area contributed by atoms with Gasteiger partial charge in [0.25, 0.3) is 11.8 Å². The van der Waals surface area contributed by atoms with Crippen LogP contribution in [0.25, 0.3) is 0 Å². The van der Waals surface area contributed by atoms with Crippen molar-refractivity contribution in [1.29, 1.82) is 0 Å². The van der Waals surface area contributed by atoms with E-state index >= 15 is 0 Å². The fourth-order valence-corrected chi connectivity index (χ4v) is 3.83. The number of anilines is 1. The molecule has 1 aromatic heterocycles. The Morgan fingerprint density at radius 1 is 1.18 bits per heavy atom. The first kappa shape index (κ1) is 20.3. The van der Waals surface area contributed by atoms with Crippen molar-refractivity contribution in [3.05, 3.63) is 40.1 Å². The molecule has 7 nitrogen and oxygen atoms in total. The molecule has 9 heteroatoms. The zero-order chi connectivity index (χ0) is 19.9. The first-order valence-electron chi connectivity index (χ1n) is 9.45.